The zero-order valence-electron chi connectivity index (χ0n) is 10.1. The van der Waals surface area contributed by atoms with E-state index < -0.39 is 0 Å². The van der Waals surface area contributed by atoms with Gasteiger partial charge in [-0.2, -0.15) is 0 Å². The molecule has 0 aromatic rings. The molecule has 1 heteroatoms. The van der Waals surface area contributed by atoms with Gasteiger partial charge in [-0.05, 0) is 56.5 Å². The van der Waals surface area contributed by atoms with Crippen LogP contribution in [-0.2, 0) is 0 Å². The number of rotatable bonds is 1. The van der Waals surface area contributed by atoms with Crippen molar-refractivity contribution in [3.63, 3.8) is 0 Å². The Labute approximate surface area is 88.9 Å². The van der Waals surface area contributed by atoms with E-state index in [9.17, 15) is 0 Å². The first kappa shape index (κ1) is 10.5. The topological polar surface area (TPSA) is 3.24 Å². The Balaban J connectivity index is 1.95. The fourth-order valence-corrected chi connectivity index (χ4v) is 3.16. The third-order valence-electron chi connectivity index (χ3n) is 4.69. The SMILES string of the molecule is C[C@@H]1CC[C@@H](N2CCCC2)CC1(C)C. The predicted octanol–water partition coefficient (Wildman–Crippen LogP) is 3.30. The average Bonchev–Trinajstić information content (AvgIpc) is 2.62. The minimum atomic E-state index is 0.575. The van der Waals surface area contributed by atoms with Crippen molar-refractivity contribution >= 4 is 0 Å². The normalized spacial score (nSPS) is 38.8. The predicted molar refractivity (Wildman–Crippen MR) is 61.4 cm³/mol. The van der Waals surface area contributed by atoms with E-state index in [2.05, 4.69) is 25.7 Å². The minimum absolute atomic E-state index is 0.575. The van der Waals surface area contributed by atoms with Crippen LogP contribution < -0.4 is 0 Å². The van der Waals surface area contributed by atoms with Crippen molar-refractivity contribution in [2.45, 2.75) is 58.9 Å². The van der Waals surface area contributed by atoms with Gasteiger partial charge in [0.25, 0.3) is 0 Å². The van der Waals surface area contributed by atoms with E-state index in [1.54, 1.807) is 0 Å². The third kappa shape index (κ3) is 1.98. The van der Waals surface area contributed by atoms with Gasteiger partial charge in [-0.1, -0.05) is 20.8 Å². The first-order valence-electron chi connectivity index (χ1n) is 6.33. The van der Waals surface area contributed by atoms with Crippen molar-refractivity contribution in [3.05, 3.63) is 0 Å². The van der Waals surface area contributed by atoms with Crippen molar-refractivity contribution in [1.82, 2.24) is 4.90 Å². The first-order chi connectivity index (χ1) is 6.59. The van der Waals surface area contributed by atoms with E-state index in [1.165, 1.54) is 45.2 Å². The molecule has 0 unspecified atom stereocenters. The second-order valence-corrected chi connectivity index (χ2v) is 6.07. The van der Waals surface area contributed by atoms with Crippen molar-refractivity contribution in [3.8, 4) is 0 Å². The molecule has 2 atom stereocenters. The highest BCUT2D eigenvalue weighted by atomic mass is 15.2. The molecule has 2 aliphatic rings. The van der Waals surface area contributed by atoms with Gasteiger partial charge in [0.15, 0.2) is 0 Å². The summed E-state index contributed by atoms with van der Waals surface area (Å²) in [5, 5.41) is 0. The molecule has 0 amide bonds. The Morgan fingerprint density at radius 2 is 1.71 bits per heavy atom. The number of hydrogen-bond acceptors (Lipinski definition) is 1. The highest BCUT2D eigenvalue weighted by molar-refractivity contribution is 4.89. The van der Waals surface area contributed by atoms with E-state index in [0.29, 0.717) is 5.41 Å². The first-order valence-corrected chi connectivity index (χ1v) is 6.33. The average molecular weight is 195 g/mol. The molecule has 82 valence electrons. The number of nitrogens with zero attached hydrogens (tertiary/aromatic N) is 1. The summed E-state index contributed by atoms with van der Waals surface area (Å²) in [6.07, 6.45) is 7.19. The lowest BCUT2D eigenvalue weighted by Gasteiger charge is -2.44. The molecule has 0 aromatic heterocycles. The van der Waals surface area contributed by atoms with E-state index in [0.717, 1.165) is 12.0 Å². The molecule has 0 bridgehead atoms. The van der Waals surface area contributed by atoms with Crippen LogP contribution in [0.15, 0.2) is 0 Å². The highest BCUT2D eigenvalue weighted by Gasteiger charge is 2.36. The summed E-state index contributed by atoms with van der Waals surface area (Å²) >= 11 is 0. The molecule has 1 heterocycles. The molecule has 0 N–H and O–H groups in total. The molecule has 1 aliphatic heterocycles. The quantitative estimate of drug-likeness (QED) is 0.620. The fourth-order valence-electron chi connectivity index (χ4n) is 3.16. The molecule has 0 spiro atoms. The van der Waals surface area contributed by atoms with Gasteiger partial charge in [-0.15, -0.1) is 0 Å². The lowest BCUT2D eigenvalue weighted by Crippen LogP contribution is -2.42. The van der Waals surface area contributed by atoms with Gasteiger partial charge in [0, 0.05) is 6.04 Å². The molecule has 1 saturated carbocycles. The largest absolute Gasteiger partial charge is 0.300 e. The molecular formula is C13H25N. The van der Waals surface area contributed by atoms with Gasteiger partial charge < -0.3 is 4.90 Å². The standard InChI is InChI=1S/C13H25N/c1-11-6-7-12(10-13(11,2)3)14-8-4-5-9-14/h11-12H,4-10H2,1-3H3/t11-,12-/m1/s1. The zero-order valence-corrected chi connectivity index (χ0v) is 10.1. The maximum absolute atomic E-state index is 2.74. The molecule has 14 heavy (non-hydrogen) atoms. The smallest absolute Gasteiger partial charge is 0.0100 e. The van der Waals surface area contributed by atoms with Gasteiger partial charge in [0.1, 0.15) is 0 Å². The van der Waals surface area contributed by atoms with Crippen molar-refractivity contribution in [1.29, 1.82) is 0 Å². The Morgan fingerprint density at radius 3 is 2.29 bits per heavy atom. The molecule has 1 nitrogen and oxygen atoms in total. The lowest BCUT2D eigenvalue weighted by atomic mass is 9.68. The molecule has 0 radical (unpaired) electrons. The maximum Gasteiger partial charge on any atom is 0.0100 e. The Morgan fingerprint density at radius 1 is 1.07 bits per heavy atom. The van der Waals surface area contributed by atoms with Crippen LogP contribution in [0.1, 0.15) is 52.9 Å². The Bertz CT molecular complexity index is 191. The summed E-state index contributed by atoms with van der Waals surface area (Å²) in [5.74, 6) is 0.918. The van der Waals surface area contributed by atoms with Crippen molar-refractivity contribution < 1.29 is 0 Å². The van der Waals surface area contributed by atoms with E-state index >= 15 is 0 Å². The van der Waals surface area contributed by atoms with Crippen LogP contribution in [0.25, 0.3) is 0 Å². The second kappa shape index (κ2) is 3.84. The van der Waals surface area contributed by atoms with Crippen LogP contribution in [0.4, 0.5) is 0 Å². The molecule has 0 aromatic carbocycles. The van der Waals surface area contributed by atoms with Crippen LogP contribution in [0.2, 0.25) is 0 Å². The molecule has 2 rings (SSSR count). The molecule has 1 saturated heterocycles. The number of hydrogen-bond donors (Lipinski definition) is 0. The number of likely N-dealkylation sites (tertiary alicyclic amines) is 1. The Kier molecular flexibility index (Phi) is 2.88. The van der Waals surface area contributed by atoms with Gasteiger partial charge >= 0.3 is 0 Å². The van der Waals surface area contributed by atoms with Crippen molar-refractivity contribution in [2.75, 3.05) is 13.1 Å². The van der Waals surface area contributed by atoms with Crippen LogP contribution in [0.5, 0.6) is 0 Å². The highest BCUT2D eigenvalue weighted by Crippen LogP contribution is 2.42. The summed E-state index contributed by atoms with van der Waals surface area (Å²) in [4.78, 5) is 2.74. The summed E-state index contributed by atoms with van der Waals surface area (Å²) in [7, 11) is 0. The van der Waals surface area contributed by atoms with E-state index in [4.69, 9.17) is 0 Å². The summed E-state index contributed by atoms with van der Waals surface area (Å²) in [6.45, 7) is 10.1. The summed E-state index contributed by atoms with van der Waals surface area (Å²) < 4.78 is 0. The molecule has 2 fully saturated rings. The zero-order chi connectivity index (χ0) is 10.2. The van der Waals surface area contributed by atoms with Gasteiger partial charge in [0.2, 0.25) is 0 Å². The van der Waals surface area contributed by atoms with E-state index in [1.807, 2.05) is 0 Å². The monoisotopic (exact) mass is 195 g/mol. The van der Waals surface area contributed by atoms with Crippen LogP contribution in [0, 0.1) is 11.3 Å². The van der Waals surface area contributed by atoms with Gasteiger partial charge in [-0.3, -0.25) is 0 Å². The van der Waals surface area contributed by atoms with Gasteiger partial charge in [0.05, 0.1) is 0 Å². The molecular weight excluding hydrogens is 170 g/mol. The van der Waals surface area contributed by atoms with E-state index in [-0.39, 0.29) is 0 Å². The third-order valence-corrected chi connectivity index (χ3v) is 4.69. The lowest BCUT2D eigenvalue weighted by molar-refractivity contribution is 0.0677. The van der Waals surface area contributed by atoms with Crippen LogP contribution in [0.3, 0.4) is 0 Å². The van der Waals surface area contributed by atoms with Crippen LogP contribution in [-0.4, -0.2) is 24.0 Å². The Hall–Kier alpha value is -0.0400. The fraction of sp³-hybridized carbons (Fsp3) is 1.00. The summed E-state index contributed by atoms with van der Waals surface area (Å²) in [5.41, 5.74) is 0.575. The maximum atomic E-state index is 2.74. The van der Waals surface area contributed by atoms with Crippen LogP contribution >= 0.6 is 0 Å². The molecule has 1 aliphatic carbocycles. The second-order valence-electron chi connectivity index (χ2n) is 6.07. The van der Waals surface area contributed by atoms with Crippen molar-refractivity contribution in [2.24, 2.45) is 11.3 Å². The summed E-state index contributed by atoms with van der Waals surface area (Å²) in [6, 6.07) is 0.906. The van der Waals surface area contributed by atoms with Gasteiger partial charge in [-0.25, -0.2) is 0 Å². The minimum Gasteiger partial charge on any atom is -0.300 e.